The first kappa shape index (κ1) is 20.7. The van der Waals surface area contributed by atoms with Crippen LogP contribution in [0.2, 0.25) is 0 Å². The van der Waals surface area contributed by atoms with E-state index in [0.29, 0.717) is 12.2 Å². The molecule has 160 valence electrons. The van der Waals surface area contributed by atoms with Gasteiger partial charge in [-0.05, 0) is 50.1 Å². The lowest BCUT2D eigenvalue weighted by Gasteiger charge is -2.38. The van der Waals surface area contributed by atoms with Crippen molar-refractivity contribution in [2.75, 3.05) is 13.2 Å². The van der Waals surface area contributed by atoms with Crippen LogP contribution in [0.15, 0.2) is 47.5 Å². The Hall–Kier alpha value is -2.56. The Labute approximate surface area is 174 Å². The van der Waals surface area contributed by atoms with E-state index >= 15 is 0 Å². The molecule has 1 aromatic carbocycles. The van der Waals surface area contributed by atoms with E-state index in [1.807, 2.05) is 0 Å². The molecule has 30 heavy (non-hydrogen) atoms. The number of carbonyl (C=O) groups excluding carboxylic acids is 1. The average Bonchev–Trinajstić information content (AvgIpc) is 3.10. The summed E-state index contributed by atoms with van der Waals surface area (Å²) in [7, 11) is -3.97. The highest BCUT2D eigenvalue weighted by Gasteiger charge is 2.49. The molecule has 0 aliphatic carbocycles. The quantitative estimate of drug-likeness (QED) is 0.694. The summed E-state index contributed by atoms with van der Waals surface area (Å²) in [6.45, 7) is 2.06. The molecule has 10 heteroatoms. The Morgan fingerprint density at radius 2 is 2.00 bits per heavy atom. The van der Waals surface area contributed by atoms with Gasteiger partial charge in [-0.15, -0.1) is 0 Å². The number of carbonyl (C=O) groups is 1. The maximum Gasteiger partial charge on any atom is 0.326 e. The number of aromatic nitrogens is 1. The SMILES string of the molecule is CCOC(=O)C1C2CCC(CN1S(=O)(=O)c1ccc(Oc3ccc(F)cc3)nc1)N2. The van der Waals surface area contributed by atoms with Gasteiger partial charge in [-0.25, -0.2) is 17.8 Å². The third kappa shape index (κ3) is 4.03. The topological polar surface area (TPSA) is 97.8 Å². The number of piperazine rings is 1. The fourth-order valence-corrected chi connectivity index (χ4v) is 5.48. The molecule has 1 aromatic heterocycles. The number of halogens is 1. The Morgan fingerprint density at radius 3 is 2.67 bits per heavy atom. The first-order valence-corrected chi connectivity index (χ1v) is 11.2. The second-order valence-corrected chi connectivity index (χ2v) is 9.10. The zero-order valence-corrected chi connectivity index (χ0v) is 17.1. The van der Waals surface area contributed by atoms with Crippen LogP contribution in [0.4, 0.5) is 4.39 Å². The van der Waals surface area contributed by atoms with Gasteiger partial charge < -0.3 is 14.8 Å². The zero-order chi connectivity index (χ0) is 21.3. The van der Waals surface area contributed by atoms with Crippen molar-refractivity contribution >= 4 is 16.0 Å². The van der Waals surface area contributed by atoms with Gasteiger partial charge >= 0.3 is 5.97 Å². The third-order valence-corrected chi connectivity index (χ3v) is 7.08. The third-order valence-electron chi connectivity index (χ3n) is 5.25. The number of rotatable bonds is 6. The van der Waals surface area contributed by atoms with Crippen molar-refractivity contribution < 1.29 is 27.1 Å². The van der Waals surface area contributed by atoms with E-state index in [2.05, 4.69) is 10.3 Å². The molecule has 2 saturated heterocycles. The molecule has 3 atom stereocenters. The molecule has 0 saturated carbocycles. The molecule has 0 amide bonds. The summed E-state index contributed by atoms with van der Waals surface area (Å²) in [4.78, 5) is 16.6. The molecule has 2 bridgehead atoms. The summed E-state index contributed by atoms with van der Waals surface area (Å²) in [5.74, 6) is -0.399. The van der Waals surface area contributed by atoms with Gasteiger partial charge in [-0.3, -0.25) is 4.79 Å². The molecule has 1 N–H and O–H groups in total. The van der Waals surface area contributed by atoms with E-state index in [0.717, 1.165) is 6.42 Å². The van der Waals surface area contributed by atoms with Crippen molar-refractivity contribution in [3.63, 3.8) is 0 Å². The monoisotopic (exact) mass is 435 g/mol. The predicted molar refractivity (Wildman–Crippen MR) is 105 cm³/mol. The maximum absolute atomic E-state index is 13.3. The van der Waals surface area contributed by atoms with Crippen molar-refractivity contribution in [3.8, 4) is 11.6 Å². The van der Waals surface area contributed by atoms with E-state index in [9.17, 15) is 17.6 Å². The van der Waals surface area contributed by atoms with Gasteiger partial charge in [-0.2, -0.15) is 4.31 Å². The average molecular weight is 435 g/mol. The van der Waals surface area contributed by atoms with Gasteiger partial charge in [0.2, 0.25) is 15.9 Å². The second-order valence-electron chi connectivity index (χ2n) is 7.21. The van der Waals surface area contributed by atoms with E-state index in [1.165, 1.54) is 46.9 Å². The molecule has 4 rings (SSSR count). The highest BCUT2D eigenvalue weighted by atomic mass is 32.2. The largest absolute Gasteiger partial charge is 0.465 e. The number of hydrogen-bond acceptors (Lipinski definition) is 7. The minimum Gasteiger partial charge on any atom is -0.465 e. The zero-order valence-electron chi connectivity index (χ0n) is 16.3. The normalized spacial score (nSPS) is 23.9. The molecule has 2 aliphatic heterocycles. The van der Waals surface area contributed by atoms with Gasteiger partial charge in [0.15, 0.2) is 0 Å². The minimum atomic E-state index is -3.97. The number of fused-ring (bicyclic) bond motifs is 2. The molecule has 3 heterocycles. The van der Waals surface area contributed by atoms with Crippen LogP contribution in [0, 0.1) is 5.82 Å². The lowest BCUT2D eigenvalue weighted by Crippen LogP contribution is -2.62. The van der Waals surface area contributed by atoms with Crippen LogP contribution in [0.25, 0.3) is 0 Å². The Morgan fingerprint density at radius 1 is 1.23 bits per heavy atom. The van der Waals surface area contributed by atoms with Gasteiger partial charge in [-0.1, -0.05) is 0 Å². The lowest BCUT2D eigenvalue weighted by atomic mass is 10.1. The van der Waals surface area contributed by atoms with Crippen LogP contribution in [0.1, 0.15) is 19.8 Å². The van der Waals surface area contributed by atoms with E-state index < -0.39 is 27.9 Å². The molecule has 0 spiro atoms. The number of nitrogens with one attached hydrogen (secondary N) is 1. The van der Waals surface area contributed by atoms with Crippen LogP contribution in [-0.2, 0) is 19.6 Å². The molecule has 8 nitrogen and oxygen atoms in total. The summed E-state index contributed by atoms with van der Waals surface area (Å²) in [5.41, 5.74) is 0. The summed E-state index contributed by atoms with van der Waals surface area (Å²) < 4.78 is 51.5. The Balaban J connectivity index is 1.57. The number of hydrogen-bond donors (Lipinski definition) is 1. The van der Waals surface area contributed by atoms with Crippen LogP contribution >= 0.6 is 0 Å². The van der Waals surface area contributed by atoms with E-state index in [1.54, 1.807) is 6.92 Å². The van der Waals surface area contributed by atoms with Gasteiger partial charge in [0, 0.05) is 24.7 Å². The minimum absolute atomic E-state index is 0.00416. The summed E-state index contributed by atoms with van der Waals surface area (Å²) >= 11 is 0. The van der Waals surface area contributed by atoms with Crippen LogP contribution < -0.4 is 10.1 Å². The molecule has 3 unspecified atom stereocenters. The van der Waals surface area contributed by atoms with Crippen molar-refractivity contribution in [2.45, 2.75) is 42.8 Å². The van der Waals surface area contributed by atoms with E-state index in [4.69, 9.17) is 9.47 Å². The maximum atomic E-state index is 13.3. The molecule has 2 aromatic rings. The Kier molecular flexibility index (Phi) is 5.72. The van der Waals surface area contributed by atoms with Crippen molar-refractivity contribution in [3.05, 3.63) is 48.4 Å². The van der Waals surface area contributed by atoms with Gasteiger partial charge in [0.1, 0.15) is 22.5 Å². The first-order valence-electron chi connectivity index (χ1n) is 9.72. The van der Waals surface area contributed by atoms with Crippen LogP contribution in [-0.4, -0.2) is 55.0 Å². The summed E-state index contributed by atoms with van der Waals surface area (Å²) in [6.07, 6.45) is 2.71. The highest BCUT2D eigenvalue weighted by molar-refractivity contribution is 7.89. The highest BCUT2D eigenvalue weighted by Crippen LogP contribution is 2.31. The van der Waals surface area contributed by atoms with Crippen LogP contribution in [0.5, 0.6) is 11.6 Å². The van der Waals surface area contributed by atoms with Gasteiger partial charge in [0.25, 0.3) is 0 Å². The van der Waals surface area contributed by atoms with Crippen molar-refractivity contribution in [2.24, 2.45) is 0 Å². The Bertz CT molecular complexity index is 1010. The number of pyridine rings is 1. The summed E-state index contributed by atoms with van der Waals surface area (Å²) in [5, 5.41) is 3.30. The van der Waals surface area contributed by atoms with Crippen molar-refractivity contribution in [1.29, 1.82) is 0 Å². The number of ether oxygens (including phenoxy) is 2. The molecule has 2 fully saturated rings. The van der Waals surface area contributed by atoms with Crippen molar-refractivity contribution in [1.82, 2.24) is 14.6 Å². The van der Waals surface area contributed by atoms with Crippen LogP contribution in [0.3, 0.4) is 0 Å². The predicted octanol–water partition coefficient (Wildman–Crippen LogP) is 2.07. The number of sulfonamides is 1. The molecule has 0 radical (unpaired) electrons. The lowest BCUT2D eigenvalue weighted by molar-refractivity contribution is -0.149. The standard InChI is InChI=1S/C20H22FN3O5S/c1-2-28-20(25)19-17-9-5-14(23-17)12-24(19)30(26,27)16-8-10-18(22-11-16)29-15-6-3-13(21)4-7-15/h3-4,6-8,10-11,14,17,19,23H,2,5,9,12H2,1H3. The van der Waals surface area contributed by atoms with Gasteiger partial charge in [0.05, 0.1) is 12.8 Å². The fourth-order valence-electron chi connectivity index (χ4n) is 3.87. The molecule has 2 aliphatic rings. The fraction of sp³-hybridized carbons (Fsp3) is 0.400. The second kappa shape index (κ2) is 8.29. The van der Waals surface area contributed by atoms with E-state index in [-0.39, 0.29) is 36.0 Å². The number of nitrogens with zero attached hydrogens (tertiary/aromatic N) is 2. The number of esters is 1. The molecular weight excluding hydrogens is 413 g/mol. The first-order chi connectivity index (χ1) is 14.4. The number of benzene rings is 1. The summed E-state index contributed by atoms with van der Waals surface area (Å²) in [6, 6.07) is 7.02. The molecular formula is C20H22FN3O5S. The smallest absolute Gasteiger partial charge is 0.326 e.